The Bertz CT molecular complexity index is 652. The van der Waals surface area contributed by atoms with E-state index in [0.717, 1.165) is 0 Å². The van der Waals surface area contributed by atoms with Gasteiger partial charge in [-0.25, -0.2) is 4.79 Å². The molecule has 8 heteroatoms. The van der Waals surface area contributed by atoms with E-state index in [-0.39, 0.29) is 23.5 Å². The summed E-state index contributed by atoms with van der Waals surface area (Å²) in [5.74, 6) is 1.37. The van der Waals surface area contributed by atoms with E-state index in [1.54, 1.807) is 23.8 Å². The Hall–Kier alpha value is -1.80. The van der Waals surface area contributed by atoms with Gasteiger partial charge in [-0.3, -0.25) is 4.79 Å². The number of hydrogen-bond donors (Lipinski definition) is 0. The Balaban J connectivity index is 2.13. The lowest BCUT2D eigenvalue weighted by Gasteiger charge is -2.30. The number of ether oxygens (including phenoxy) is 3. The maximum absolute atomic E-state index is 12.1. The van der Waals surface area contributed by atoms with Crippen LogP contribution < -0.4 is 9.47 Å². The molecule has 1 heterocycles. The van der Waals surface area contributed by atoms with Gasteiger partial charge >= 0.3 is 5.97 Å². The van der Waals surface area contributed by atoms with Crippen molar-refractivity contribution in [2.24, 2.45) is 0 Å². The van der Waals surface area contributed by atoms with Gasteiger partial charge in [-0.05, 0) is 19.1 Å². The van der Waals surface area contributed by atoms with Crippen molar-refractivity contribution >= 4 is 40.7 Å². The Morgan fingerprint density at radius 2 is 1.96 bits per heavy atom. The molecule has 25 heavy (non-hydrogen) atoms. The van der Waals surface area contributed by atoms with E-state index < -0.39 is 6.04 Å². The van der Waals surface area contributed by atoms with Crippen LogP contribution in [0.25, 0.3) is 0 Å². The summed E-state index contributed by atoms with van der Waals surface area (Å²) in [6, 6.07) is 6.83. The molecule has 136 valence electrons. The first-order chi connectivity index (χ1) is 12.0. The lowest BCUT2D eigenvalue weighted by Crippen LogP contribution is -2.47. The molecule has 0 saturated carbocycles. The van der Waals surface area contributed by atoms with Gasteiger partial charge in [0.2, 0.25) is 0 Å². The molecule has 6 nitrogen and oxygen atoms in total. The summed E-state index contributed by atoms with van der Waals surface area (Å²) in [5, 5.41) is -0.180. The predicted octanol–water partition coefficient (Wildman–Crippen LogP) is 2.30. The fourth-order valence-corrected chi connectivity index (χ4v) is 4.37. The lowest BCUT2D eigenvalue weighted by atomic mass is 10.2. The summed E-state index contributed by atoms with van der Waals surface area (Å²) in [7, 11) is 2.92. The zero-order valence-electron chi connectivity index (χ0n) is 14.4. The van der Waals surface area contributed by atoms with Crippen LogP contribution in [0, 0.1) is 0 Å². The number of Topliss-reactive ketones (excluding diaryl/α,β-unsaturated/α-hetero) is 1. The number of thiocarbonyl (C=S) groups is 1. The SMILES string of the molecule is COC(=O)C1CSC(COc2ccccc2OC)N1C(=S)CC(C)=O. The molecule has 2 rings (SSSR count). The first-order valence-electron chi connectivity index (χ1n) is 7.73. The number of esters is 1. The highest BCUT2D eigenvalue weighted by atomic mass is 32.2. The molecule has 2 atom stereocenters. The maximum atomic E-state index is 12.1. The molecule has 1 saturated heterocycles. The fourth-order valence-electron chi connectivity index (χ4n) is 2.55. The number of thioether (sulfide) groups is 1. The first-order valence-corrected chi connectivity index (χ1v) is 9.19. The highest BCUT2D eigenvalue weighted by Gasteiger charge is 2.41. The number of methoxy groups -OCH3 is 2. The number of carbonyl (C=O) groups excluding carboxylic acids is 2. The van der Waals surface area contributed by atoms with Crippen LogP contribution in [-0.4, -0.2) is 59.6 Å². The van der Waals surface area contributed by atoms with E-state index in [4.69, 9.17) is 26.4 Å². The highest BCUT2D eigenvalue weighted by Crippen LogP contribution is 2.33. The van der Waals surface area contributed by atoms with Gasteiger partial charge in [-0.1, -0.05) is 24.4 Å². The average Bonchev–Trinajstić information content (AvgIpc) is 3.03. The smallest absolute Gasteiger partial charge is 0.329 e. The quantitative estimate of drug-likeness (QED) is 0.525. The third-order valence-electron chi connectivity index (χ3n) is 3.70. The van der Waals surface area contributed by atoms with Gasteiger partial charge in [0.15, 0.2) is 11.5 Å². The predicted molar refractivity (Wildman–Crippen MR) is 100 cm³/mol. The summed E-state index contributed by atoms with van der Waals surface area (Å²) in [6.45, 7) is 1.78. The van der Waals surface area contributed by atoms with Crippen LogP contribution >= 0.6 is 24.0 Å². The molecular weight excluding hydrogens is 362 g/mol. The maximum Gasteiger partial charge on any atom is 0.329 e. The molecular formula is C17H21NO5S2. The summed E-state index contributed by atoms with van der Waals surface area (Å²) in [4.78, 5) is 25.7. The summed E-state index contributed by atoms with van der Waals surface area (Å²) in [5.41, 5.74) is 0. The number of ketones is 1. The normalized spacial score (nSPS) is 19.4. The highest BCUT2D eigenvalue weighted by molar-refractivity contribution is 8.00. The van der Waals surface area contributed by atoms with Gasteiger partial charge in [0.25, 0.3) is 0 Å². The van der Waals surface area contributed by atoms with Crippen LogP contribution in [0.5, 0.6) is 11.5 Å². The van der Waals surface area contributed by atoms with Crippen LogP contribution in [0.4, 0.5) is 0 Å². The van der Waals surface area contributed by atoms with Crippen molar-refractivity contribution in [3.63, 3.8) is 0 Å². The van der Waals surface area contributed by atoms with Gasteiger partial charge in [0.1, 0.15) is 23.8 Å². The monoisotopic (exact) mass is 383 g/mol. The molecule has 1 fully saturated rings. The minimum atomic E-state index is -0.506. The second kappa shape index (κ2) is 9.05. The second-order valence-corrected chi connectivity index (χ2v) is 7.15. The number of hydrogen-bond acceptors (Lipinski definition) is 7. The first kappa shape index (κ1) is 19.5. The fraction of sp³-hybridized carbons (Fsp3) is 0.471. The van der Waals surface area contributed by atoms with Crippen LogP contribution in [0.2, 0.25) is 0 Å². The Morgan fingerprint density at radius 1 is 1.28 bits per heavy atom. The third-order valence-corrected chi connectivity index (χ3v) is 5.32. The molecule has 0 bridgehead atoms. The molecule has 2 unspecified atom stereocenters. The van der Waals surface area contributed by atoms with Crippen molar-refractivity contribution in [3.8, 4) is 11.5 Å². The van der Waals surface area contributed by atoms with Crippen molar-refractivity contribution in [1.82, 2.24) is 4.90 Å². The second-order valence-electron chi connectivity index (χ2n) is 5.47. The van der Waals surface area contributed by atoms with Crippen LogP contribution in [0.1, 0.15) is 13.3 Å². The number of benzene rings is 1. The molecule has 0 aromatic heterocycles. The molecule has 1 aliphatic heterocycles. The van der Waals surface area contributed by atoms with Gasteiger partial charge in [-0.2, -0.15) is 0 Å². The van der Waals surface area contributed by atoms with E-state index in [1.165, 1.54) is 14.0 Å². The lowest BCUT2D eigenvalue weighted by molar-refractivity contribution is -0.144. The van der Waals surface area contributed by atoms with E-state index in [1.807, 2.05) is 24.3 Å². The number of para-hydroxylation sites is 2. The molecule has 1 aromatic rings. The van der Waals surface area contributed by atoms with Gasteiger partial charge < -0.3 is 19.1 Å². The topological polar surface area (TPSA) is 65.1 Å². The number of nitrogens with zero attached hydrogens (tertiary/aromatic N) is 1. The zero-order chi connectivity index (χ0) is 18.4. The van der Waals surface area contributed by atoms with Crippen molar-refractivity contribution in [2.75, 3.05) is 26.6 Å². The minimum absolute atomic E-state index is 0.0464. The van der Waals surface area contributed by atoms with E-state index >= 15 is 0 Å². The molecule has 1 aliphatic rings. The summed E-state index contributed by atoms with van der Waals surface area (Å²) in [6.07, 6.45) is 0.120. The molecule has 0 radical (unpaired) electrons. The average molecular weight is 383 g/mol. The standard InChI is InChI=1S/C17H21NO5S2/c1-11(19)8-15(24)18-12(17(20)22-3)10-25-16(18)9-23-14-7-5-4-6-13(14)21-2/h4-7,12,16H,8-10H2,1-3H3. The summed E-state index contributed by atoms with van der Waals surface area (Å²) >= 11 is 6.95. The van der Waals surface area contributed by atoms with Gasteiger partial charge in [0, 0.05) is 5.75 Å². The number of carbonyl (C=O) groups is 2. The van der Waals surface area contributed by atoms with E-state index in [0.29, 0.717) is 28.8 Å². The molecule has 0 aliphatic carbocycles. The van der Waals surface area contributed by atoms with Crippen LogP contribution in [0.15, 0.2) is 24.3 Å². The van der Waals surface area contributed by atoms with Gasteiger partial charge in [0.05, 0.1) is 25.6 Å². The Morgan fingerprint density at radius 3 is 2.56 bits per heavy atom. The Kier molecular flexibility index (Phi) is 7.07. The van der Waals surface area contributed by atoms with Crippen molar-refractivity contribution in [2.45, 2.75) is 24.8 Å². The molecule has 0 spiro atoms. The molecule has 1 aromatic carbocycles. The third kappa shape index (κ3) is 4.85. The largest absolute Gasteiger partial charge is 0.493 e. The van der Waals surface area contributed by atoms with Crippen molar-refractivity contribution < 1.29 is 23.8 Å². The Labute approximate surface area is 156 Å². The van der Waals surface area contributed by atoms with Crippen molar-refractivity contribution in [3.05, 3.63) is 24.3 Å². The van der Waals surface area contributed by atoms with E-state index in [2.05, 4.69) is 0 Å². The van der Waals surface area contributed by atoms with Crippen LogP contribution in [0.3, 0.4) is 0 Å². The molecule has 0 amide bonds. The summed E-state index contributed by atoms with van der Waals surface area (Å²) < 4.78 is 16.0. The van der Waals surface area contributed by atoms with Crippen molar-refractivity contribution in [1.29, 1.82) is 0 Å². The van der Waals surface area contributed by atoms with Gasteiger partial charge in [-0.15, -0.1) is 11.8 Å². The minimum Gasteiger partial charge on any atom is -0.493 e. The number of rotatable bonds is 7. The van der Waals surface area contributed by atoms with E-state index in [9.17, 15) is 9.59 Å². The van der Waals surface area contributed by atoms with Crippen LogP contribution in [-0.2, 0) is 14.3 Å². The zero-order valence-corrected chi connectivity index (χ0v) is 16.0. The molecule has 0 N–H and O–H groups in total.